The average molecular weight is 182 g/mol. The van der Waals surface area contributed by atoms with E-state index in [0.717, 1.165) is 18.2 Å². The van der Waals surface area contributed by atoms with E-state index in [1.54, 1.807) is 0 Å². The van der Waals surface area contributed by atoms with Crippen molar-refractivity contribution in [2.45, 2.75) is 26.3 Å². The number of aromatic nitrogens is 3. The fourth-order valence-corrected chi connectivity index (χ4v) is 1.30. The van der Waals surface area contributed by atoms with E-state index in [-0.39, 0.29) is 0 Å². The highest BCUT2D eigenvalue weighted by atomic mass is 15.3. The highest BCUT2D eigenvalue weighted by Crippen LogP contribution is 2.11. The molecular formula is C9H18N4. The summed E-state index contributed by atoms with van der Waals surface area (Å²) in [5.41, 5.74) is 0. The SMILES string of the molecule is CC(C)c1nnc(CN(C)C)n1C. The Labute approximate surface area is 79.6 Å². The molecule has 0 aliphatic rings. The second kappa shape index (κ2) is 3.87. The highest BCUT2D eigenvalue weighted by Gasteiger charge is 2.11. The molecule has 1 aromatic heterocycles. The summed E-state index contributed by atoms with van der Waals surface area (Å²) in [6.07, 6.45) is 0. The van der Waals surface area contributed by atoms with E-state index in [9.17, 15) is 0 Å². The van der Waals surface area contributed by atoms with E-state index in [1.807, 2.05) is 21.1 Å². The Morgan fingerprint density at radius 2 is 1.92 bits per heavy atom. The van der Waals surface area contributed by atoms with E-state index in [0.29, 0.717) is 5.92 Å². The molecule has 13 heavy (non-hydrogen) atoms. The van der Waals surface area contributed by atoms with Gasteiger partial charge in [0.05, 0.1) is 6.54 Å². The predicted octanol–water partition coefficient (Wildman–Crippen LogP) is 1.00. The van der Waals surface area contributed by atoms with Crippen molar-refractivity contribution in [2.24, 2.45) is 7.05 Å². The smallest absolute Gasteiger partial charge is 0.146 e. The van der Waals surface area contributed by atoms with Crippen LogP contribution in [0.1, 0.15) is 31.4 Å². The average Bonchev–Trinajstić information content (AvgIpc) is 2.32. The standard InChI is InChI=1S/C9H18N4/c1-7(2)9-11-10-8(13(9)5)6-12(3)4/h7H,6H2,1-5H3. The lowest BCUT2D eigenvalue weighted by atomic mass is 10.2. The van der Waals surface area contributed by atoms with E-state index < -0.39 is 0 Å². The molecule has 0 aromatic carbocycles. The van der Waals surface area contributed by atoms with Gasteiger partial charge >= 0.3 is 0 Å². The van der Waals surface area contributed by atoms with Crippen LogP contribution in [0.5, 0.6) is 0 Å². The summed E-state index contributed by atoms with van der Waals surface area (Å²) in [5, 5.41) is 8.30. The first-order valence-electron chi connectivity index (χ1n) is 4.55. The second-order valence-electron chi connectivity index (χ2n) is 3.93. The molecule has 0 fully saturated rings. The van der Waals surface area contributed by atoms with Crippen molar-refractivity contribution in [3.8, 4) is 0 Å². The molecule has 0 aliphatic carbocycles. The van der Waals surface area contributed by atoms with Gasteiger partial charge in [-0.05, 0) is 14.1 Å². The van der Waals surface area contributed by atoms with E-state index in [2.05, 4.69) is 33.5 Å². The minimum Gasteiger partial charge on any atom is -0.317 e. The van der Waals surface area contributed by atoms with E-state index in [1.165, 1.54) is 0 Å². The van der Waals surface area contributed by atoms with Crippen LogP contribution in [0.4, 0.5) is 0 Å². The third kappa shape index (κ3) is 2.28. The molecule has 4 nitrogen and oxygen atoms in total. The van der Waals surface area contributed by atoms with Gasteiger partial charge in [-0.15, -0.1) is 10.2 Å². The molecule has 0 N–H and O–H groups in total. The number of hydrogen-bond donors (Lipinski definition) is 0. The topological polar surface area (TPSA) is 34.0 Å². The summed E-state index contributed by atoms with van der Waals surface area (Å²) < 4.78 is 2.07. The van der Waals surface area contributed by atoms with Crippen LogP contribution < -0.4 is 0 Å². The largest absolute Gasteiger partial charge is 0.317 e. The maximum atomic E-state index is 4.15. The molecule has 0 atom stereocenters. The first-order chi connectivity index (χ1) is 6.02. The maximum Gasteiger partial charge on any atom is 0.146 e. The lowest BCUT2D eigenvalue weighted by Gasteiger charge is -2.09. The summed E-state index contributed by atoms with van der Waals surface area (Å²) in [5.74, 6) is 2.51. The van der Waals surface area contributed by atoms with Crippen LogP contribution in [0.3, 0.4) is 0 Å². The molecule has 1 heterocycles. The summed E-state index contributed by atoms with van der Waals surface area (Å²) >= 11 is 0. The number of rotatable bonds is 3. The molecule has 0 spiro atoms. The van der Waals surface area contributed by atoms with Gasteiger partial charge in [0.1, 0.15) is 11.6 Å². The molecule has 0 radical (unpaired) electrons. The number of nitrogens with zero attached hydrogens (tertiary/aromatic N) is 4. The van der Waals surface area contributed by atoms with Crippen molar-refractivity contribution in [3.05, 3.63) is 11.6 Å². The molecule has 74 valence electrons. The predicted molar refractivity (Wildman–Crippen MR) is 52.5 cm³/mol. The Hall–Kier alpha value is -0.900. The summed E-state index contributed by atoms with van der Waals surface area (Å²) in [7, 11) is 6.08. The van der Waals surface area contributed by atoms with Gasteiger partial charge in [0.15, 0.2) is 0 Å². The van der Waals surface area contributed by atoms with Crippen molar-refractivity contribution < 1.29 is 0 Å². The molecule has 0 saturated heterocycles. The maximum absolute atomic E-state index is 4.15. The summed E-state index contributed by atoms with van der Waals surface area (Å²) in [4.78, 5) is 2.09. The molecule has 1 rings (SSSR count). The van der Waals surface area contributed by atoms with Crippen LogP contribution in [0, 0.1) is 0 Å². The van der Waals surface area contributed by atoms with Gasteiger partial charge in [0.2, 0.25) is 0 Å². The fourth-order valence-electron chi connectivity index (χ4n) is 1.30. The third-order valence-corrected chi connectivity index (χ3v) is 1.97. The van der Waals surface area contributed by atoms with Crippen molar-refractivity contribution >= 4 is 0 Å². The van der Waals surface area contributed by atoms with Crippen LogP contribution in [-0.2, 0) is 13.6 Å². The minimum absolute atomic E-state index is 0.438. The molecule has 0 unspecified atom stereocenters. The first-order valence-corrected chi connectivity index (χ1v) is 4.55. The second-order valence-corrected chi connectivity index (χ2v) is 3.93. The van der Waals surface area contributed by atoms with Gasteiger partial charge < -0.3 is 9.47 Å². The molecule has 0 bridgehead atoms. The quantitative estimate of drug-likeness (QED) is 0.699. The number of hydrogen-bond acceptors (Lipinski definition) is 3. The molecule has 4 heteroatoms. The van der Waals surface area contributed by atoms with Gasteiger partial charge in [-0.1, -0.05) is 13.8 Å². The van der Waals surface area contributed by atoms with Crippen LogP contribution in [-0.4, -0.2) is 33.8 Å². The molecule has 0 aliphatic heterocycles. The van der Waals surface area contributed by atoms with Gasteiger partial charge in [-0.25, -0.2) is 0 Å². The van der Waals surface area contributed by atoms with Crippen molar-refractivity contribution in [1.29, 1.82) is 0 Å². The Balaban J connectivity index is 2.86. The molecular weight excluding hydrogens is 164 g/mol. The van der Waals surface area contributed by atoms with Crippen LogP contribution >= 0.6 is 0 Å². The molecule has 0 saturated carbocycles. The normalized spacial score (nSPS) is 11.6. The highest BCUT2D eigenvalue weighted by molar-refractivity contribution is 4.98. The van der Waals surface area contributed by atoms with Crippen LogP contribution in [0.25, 0.3) is 0 Å². The molecule has 0 amide bonds. The Bertz CT molecular complexity index is 275. The first kappa shape index (κ1) is 10.2. The van der Waals surface area contributed by atoms with Crippen molar-refractivity contribution in [1.82, 2.24) is 19.7 Å². The Morgan fingerprint density at radius 1 is 1.31 bits per heavy atom. The van der Waals surface area contributed by atoms with Gasteiger partial charge in [0.25, 0.3) is 0 Å². The minimum atomic E-state index is 0.438. The zero-order valence-corrected chi connectivity index (χ0v) is 9.07. The van der Waals surface area contributed by atoms with Crippen molar-refractivity contribution in [3.63, 3.8) is 0 Å². The lowest BCUT2D eigenvalue weighted by molar-refractivity contribution is 0.383. The zero-order chi connectivity index (χ0) is 10.0. The van der Waals surface area contributed by atoms with E-state index >= 15 is 0 Å². The van der Waals surface area contributed by atoms with Crippen LogP contribution in [0.15, 0.2) is 0 Å². The van der Waals surface area contributed by atoms with Gasteiger partial charge in [-0.2, -0.15) is 0 Å². The van der Waals surface area contributed by atoms with Gasteiger partial charge in [0, 0.05) is 13.0 Å². The fraction of sp³-hybridized carbons (Fsp3) is 0.778. The Morgan fingerprint density at radius 3 is 2.31 bits per heavy atom. The summed E-state index contributed by atoms with van der Waals surface area (Å²) in [6.45, 7) is 5.10. The molecule has 1 aromatic rings. The van der Waals surface area contributed by atoms with Gasteiger partial charge in [-0.3, -0.25) is 0 Å². The van der Waals surface area contributed by atoms with Crippen LogP contribution in [0.2, 0.25) is 0 Å². The van der Waals surface area contributed by atoms with E-state index in [4.69, 9.17) is 0 Å². The van der Waals surface area contributed by atoms with Crippen molar-refractivity contribution in [2.75, 3.05) is 14.1 Å². The Kier molecular flexibility index (Phi) is 3.03. The zero-order valence-electron chi connectivity index (χ0n) is 9.07. The summed E-state index contributed by atoms with van der Waals surface area (Å²) in [6, 6.07) is 0. The monoisotopic (exact) mass is 182 g/mol. The third-order valence-electron chi connectivity index (χ3n) is 1.97. The lowest BCUT2D eigenvalue weighted by Crippen LogP contribution is -2.15.